The lowest BCUT2D eigenvalue weighted by Crippen LogP contribution is -2.09. The smallest absolute Gasteiger partial charge is 0.119 e. The molecule has 0 saturated carbocycles. The zero-order chi connectivity index (χ0) is 11.8. The highest BCUT2D eigenvalue weighted by atomic mass is 16.5. The molecule has 0 amide bonds. The van der Waals surface area contributed by atoms with Crippen LogP contribution in [-0.2, 0) is 6.42 Å². The van der Waals surface area contributed by atoms with Crippen LogP contribution in [0.5, 0.6) is 5.75 Å². The van der Waals surface area contributed by atoms with Gasteiger partial charge in [-0.2, -0.15) is 5.26 Å². The van der Waals surface area contributed by atoms with Gasteiger partial charge in [-0.05, 0) is 40.7 Å². The lowest BCUT2D eigenvalue weighted by atomic mass is 9.85. The maximum atomic E-state index is 8.85. The summed E-state index contributed by atoms with van der Waals surface area (Å²) in [5.74, 6) is 0.847. The van der Waals surface area contributed by atoms with Crippen LogP contribution in [0.15, 0.2) is 24.3 Å². The van der Waals surface area contributed by atoms with Gasteiger partial charge in [0.05, 0.1) is 13.2 Å². The molecule has 2 nitrogen and oxygen atoms in total. The molecule has 2 rings (SSSR count). The van der Waals surface area contributed by atoms with E-state index in [1.165, 1.54) is 5.56 Å². The Morgan fingerprint density at radius 3 is 2.81 bits per heavy atom. The van der Waals surface area contributed by atoms with Crippen LogP contribution in [0.2, 0.25) is 0 Å². The third-order valence-electron chi connectivity index (χ3n) is 3.18. The third-order valence-corrected chi connectivity index (χ3v) is 3.18. The summed E-state index contributed by atoms with van der Waals surface area (Å²) in [4.78, 5) is 0. The second-order valence-electron chi connectivity index (χ2n) is 4.77. The summed E-state index contributed by atoms with van der Waals surface area (Å²) in [6.07, 6.45) is 2.64. The highest BCUT2D eigenvalue weighted by Crippen LogP contribution is 2.46. The molecular weight excluding hydrogens is 198 g/mol. The second kappa shape index (κ2) is 3.68. The van der Waals surface area contributed by atoms with Crippen molar-refractivity contribution < 1.29 is 4.74 Å². The van der Waals surface area contributed by atoms with E-state index in [1.54, 1.807) is 13.2 Å². The minimum absolute atomic E-state index is 0.0461. The molecule has 1 aliphatic carbocycles. The Kier molecular flexibility index (Phi) is 2.47. The van der Waals surface area contributed by atoms with Gasteiger partial charge in [0.1, 0.15) is 5.75 Å². The first-order valence-corrected chi connectivity index (χ1v) is 5.36. The molecule has 2 heteroatoms. The van der Waals surface area contributed by atoms with Crippen molar-refractivity contribution in [2.45, 2.75) is 20.3 Å². The molecular formula is C14H15NO. The molecule has 0 bridgehead atoms. The molecule has 0 N–H and O–H groups in total. The highest BCUT2D eigenvalue weighted by Gasteiger charge is 2.33. The zero-order valence-electron chi connectivity index (χ0n) is 9.87. The van der Waals surface area contributed by atoms with Crippen molar-refractivity contribution in [3.05, 3.63) is 35.4 Å². The first-order chi connectivity index (χ1) is 7.58. The number of benzene rings is 1. The average Bonchev–Trinajstić information content (AvgIpc) is 2.50. The van der Waals surface area contributed by atoms with E-state index in [4.69, 9.17) is 10.00 Å². The van der Waals surface area contributed by atoms with E-state index in [-0.39, 0.29) is 5.41 Å². The van der Waals surface area contributed by atoms with Crippen molar-refractivity contribution in [3.8, 4) is 11.8 Å². The monoisotopic (exact) mass is 213 g/mol. The molecule has 0 radical (unpaired) electrons. The standard InChI is InChI=1S/C14H15NO/c1-14(2)9-10-4-5-11(16-3)8-12(10)13(14)6-7-15/h4-6,8H,9H2,1-3H3/b13-6+. The van der Waals surface area contributed by atoms with Crippen LogP contribution < -0.4 is 4.74 Å². The minimum atomic E-state index is 0.0461. The van der Waals surface area contributed by atoms with Crippen molar-refractivity contribution in [1.29, 1.82) is 5.26 Å². The van der Waals surface area contributed by atoms with E-state index in [9.17, 15) is 0 Å². The molecule has 82 valence electrons. The third kappa shape index (κ3) is 1.59. The van der Waals surface area contributed by atoms with Crippen molar-refractivity contribution in [2.24, 2.45) is 5.41 Å². The first-order valence-electron chi connectivity index (χ1n) is 5.36. The lowest BCUT2D eigenvalue weighted by molar-refractivity contribution is 0.414. The van der Waals surface area contributed by atoms with Gasteiger partial charge in [-0.1, -0.05) is 19.9 Å². The highest BCUT2D eigenvalue weighted by molar-refractivity contribution is 5.79. The molecule has 0 heterocycles. The molecule has 1 aromatic carbocycles. The average molecular weight is 213 g/mol. The van der Waals surface area contributed by atoms with Crippen molar-refractivity contribution in [3.63, 3.8) is 0 Å². The Morgan fingerprint density at radius 1 is 1.44 bits per heavy atom. The topological polar surface area (TPSA) is 33.0 Å². The molecule has 0 spiro atoms. The number of methoxy groups -OCH3 is 1. The van der Waals surface area contributed by atoms with E-state index in [1.807, 2.05) is 12.1 Å². The Morgan fingerprint density at radius 2 is 2.19 bits per heavy atom. The summed E-state index contributed by atoms with van der Waals surface area (Å²) in [7, 11) is 1.66. The largest absolute Gasteiger partial charge is 0.497 e. The Bertz CT molecular complexity index is 492. The molecule has 16 heavy (non-hydrogen) atoms. The summed E-state index contributed by atoms with van der Waals surface area (Å²) >= 11 is 0. The van der Waals surface area contributed by atoms with E-state index in [0.29, 0.717) is 0 Å². The molecule has 0 unspecified atom stereocenters. The van der Waals surface area contributed by atoms with Crippen LogP contribution in [-0.4, -0.2) is 7.11 Å². The van der Waals surface area contributed by atoms with Crippen LogP contribution in [0.3, 0.4) is 0 Å². The van der Waals surface area contributed by atoms with Gasteiger partial charge >= 0.3 is 0 Å². The predicted octanol–water partition coefficient (Wildman–Crippen LogP) is 3.18. The van der Waals surface area contributed by atoms with Crippen LogP contribution in [0.4, 0.5) is 0 Å². The first kappa shape index (κ1) is 10.8. The normalized spacial score (nSPS) is 19.2. The molecule has 0 fully saturated rings. The Labute approximate surface area is 96.2 Å². The predicted molar refractivity (Wildman–Crippen MR) is 64.1 cm³/mol. The number of fused-ring (bicyclic) bond motifs is 1. The number of hydrogen-bond acceptors (Lipinski definition) is 2. The fourth-order valence-corrected chi connectivity index (χ4v) is 2.36. The van der Waals surface area contributed by atoms with E-state index >= 15 is 0 Å². The number of ether oxygens (including phenoxy) is 1. The van der Waals surface area contributed by atoms with Crippen LogP contribution in [0.25, 0.3) is 5.57 Å². The van der Waals surface area contributed by atoms with Crippen molar-refractivity contribution in [2.75, 3.05) is 7.11 Å². The number of nitrogens with zero attached hydrogens (tertiary/aromatic N) is 1. The summed E-state index contributed by atoms with van der Waals surface area (Å²) in [5.41, 5.74) is 3.62. The number of nitriles is 1. The van der Waals surface area contributed by atoms with E-state index in [0.717, 1.165) is 23.3 Å². The van der Waals surface area contributed by atoms with Gasteiger partial charge in [-0.3, -0.25) is 0 Å². The van der Waals surface area contributed by atoms with Gasteiger partial charge in [-0.25, -0.2) is 0 Å². The van der Waals surface area contributed by atoms with Crippen molar-refractivity contribution >= 4 is 5.57 Å². The van der Waals surface area contributed by atoms with E-state index in [2.05, 4.69) is 26.0 Å². The fraction of sp³-hybridized carbons (Fsp3) is 0.357. The van der Waals surface area contributed by atoms with Gasteiger partial charge in [0, 0.05) is 6.08 Å². The van der Waals surface area contributed by atoms with Crippen molar-refractivity contribution in [1.82, 2.24) is 0 Å². The summed E-state index contributed by atoms with van der Waals surface area (Å²) in [5, 5.41) is 8.85. The SMILES string of the molecule is COc1ccc2c(c1)/C(=C\C#N)C(C)(C)C2. The Balaban J connectivity index is 2.58. The molecule has 0 aromatic heterocycles. The minimum Gasteiger partial charge on any atom is -0.497 e. The number of hydrogen-bond donors (Lipinski definition) is 0. The van der Waals surface area contributed by atoms with Gasteiger partial charge in [0.25, 0.3) is 0 Å². The van der Waals surface area contributed by atoms with Crippen LogP contribution in [0.1, 0.15) is 25.0 Å². The van der Waals surface area contributed by atoms with E-state index < -0.39 is 0 Å². The number of allylic oxidation sites excluding steroid dienone is 2. The summed E-state index contributed by atoms with van der Waals surface area (Å²) in [6, 6.07) is 8.23. The molecule has 1 aromatic rings. The second-order valence-corrected chi connectivity index (χ2v) is 4.77. The zero-order valence-corrected chi connectivity index (χ0v) is 9.87. The maximum absolute atomic E-state index is 8.85. The summed E-state index contributed by atoms with van der Waals surface area (Å²) in [6.45, 7) is 4.34. The molecule has 0 atom stereocenters. The van der Waals surface area contributed by atoms with Gasteiger partial charge < -0.3 is 4.74 Å². The molecule has 1 aliphatic rings. The number of rotatable bonds is 1. The fourth-order valence-electron chi connectivity index (χ4n) is 2.36. The van der Waals surface area contributed by atoms with Gasteiger partial charge in [0.2, 0.25) is 0 Å². The summed E-state index contributed by atoms with van der Waals surface area (Å²) < 4.78 is 5.22. The lowest BCUT2D eigenvalue weighted by Gasteiger charge is -2.18. The molecule has 0 aliphatic heterocycles. The van der Waals surface area contributed by atoms with Crippen LogP contribution >= 0.6 is 0 Å². The maximum Gasteiger partial charge on any atom is 0.119 e. The Hall–Kier alpha value is -1.75. The van der Waals surface area contributed by atoms with Gasteiger partial charge in [-0.15, -0.1) is 0 Å². The van der Waals surface area contributed by atoms with Gasteiger partial charge in [0.15, 0.2) is 0 Å². The quantitative estimate of drug-likeness (QED) is 0.671. The molecule has 0 saturated heterocycles. The van der Waals surface area contributed by atoms with Crippen LogP contribution in [0, 0.1) is 16.7 Å².